The molecule has 10 heteroatoms. The quantitative estimate of drug-likeness (QED) is 0.197. The Hall–Kier alpha value is -4.47. The molecule has 3 aromatic rings. The number of nitro benzene ring substituents is 1. The number of amides is 1. The average Bonchev–Trinajstić information content (AvgIpc) is 3.34. The molecule has 0 aliphatic carbocycles. The Morgan fingerprint density at radius 3 is 2.39 bits per heavy atom. The summed E-state index contributed by atoms with van der Waals surface area (Å²) in [6.45, 7) is 3.94. The molecule has 2 heterocycles. The van der Waals surface area contributed by atoms with E-state index in [1.165, 1.54) is 30.3 Å². The molecular formula is C23H19N3O7. The molecule has 1 fully saturated rings. The van der Waals surface area contributed by atoms with Crippen LogP contribution in [0.15, 0.2) is 64.7 Å². The van der Waals surface area contributed by atoms with Crippen LogP contribution in [0.25, 0.3) is 5.76 Å². The lowest BCUT2D eigenvalue weighted by Crippen LogP contribution is -2.29. The van der Waals surface area contributed by atoms with Crippen molar-refractivity contribution in [2.45, 2.75) is 19.9 Å². The first-order valence-electron chi connectivity index (χ1n) is 10.0. The maximum atomic E-state index is 13.0. The lowest BCUT2D eigenvalue weighted by atomic mass is 9.95. The third-order valence-corrected chi connectivity index (χ3v) is 5.17. The van der Waals surface area contributed by atoms with Gasteiger partial charge in [-0.2, -0.15) is 0 Å². The highest BCUT2D eigenvalue weighted by Crippen LogP contribution is 2.42. The molecule has 33 heavy (non-hydrogen) atoms. The minimum atomic E-state index is -1.07. The second-order valence-electron chi connectivity index (χ2n) is 7.27. The summed E-state index contributed by atoms with van der Waals surface area (Å²) in [4.78, 5) is 37.6. The first-order valence-corrected chi connectivity index (χ1v) is 10.0. The number of anilines is 1. The summed E-state index contributed by atoms with van der Waals surface area (Å²) in [5, 5.41) is 26.0. The van der Waals surface area contributed by atoms with Crippen molar-refractivity contribution in [3.05, 3.63) is 87.2 Å². The number of carbonyl (C=O) groups excluding carboxylic acids is 2. The summed E-state index contributed by atoms with van der Waals surface area (Å²) < 4.78 is 10.5. The maximum absolute atomic E-state index is 13.0. The van der Waals surface area contributed by atoms with E-state index in [4.69, 9.17) is 9.26 Å². The van der Waals surface area contributed by atoms with Crippen molar-refractivity contribution in [2.24, 2.45) is 0 Å². The standard InChI is InChI=1S/C23H19N3O7/c1-3-32-17-10-6-15(7-11-17)21(27)19-20(14-4-8-16(9-5-14)26(30)31)25(23(29)22(19)28)18-12-13(2)33-24-18/h4-12,20,27H,3H2,1-2H3/b21-19+/t20-/m0/s1. The van der Waals surface area contributed by atoms with E-state index >= 15 is 0 Å². The number of hydrogen-bond donors (Lipinski definition) is 1. The van der Waals surface area contributed by atoms with Crippen molar-refractivity contribution < 1.29 is 28.9 Å². The van der Waals surface area contributed by atoms with Crippen LogP contribution in [0, 0.1) is 17.0 Å². The highest BCUT2D eigenvalue weighted by molar-refractivity contribution is 6.51. The number of rotatable bonds is 6. The van der Waals surface area contributed by atoms with E-state index in [0.717, 1.165) is 4.90 Å². The van der Waals surface area contributed by atoms with Crippen LogP contribution < -0.4 is 9.64 Å². The molecule has 10 nitrogen and oxygen atoms in total. The molecule has 2 aromatic carbocycles. The van der Waals surface area contributed by atoms with Crippen molar-refractivity contribution in [1.82, 2.24) is 5.16 Å². The van der Waals surface area contributed by atoms with Crippen LogP contribution in [-0.2, 0) is 9.59 Å². The number of benzene rings is 2. The molecule has 0 saturated carbocycles. The number of aromatic nitrogens is 1. The largest absolute Gasteiger partial charge is 0.507 e. The van der Waals surface area contributed by atoms with Crippen LogP contribution in [0.2, 0.25) is 0 Å². The predicted octanol–water partition coefficient (Wildman–Crippen LogP) is 3.92. The smallest absolute Gasteiger partial charge is 0.301 e. The van der Waals surface area contributed by atoms with Gasteiger partial charge in [0.2, 0.25) is 0 Å². The fourth-order valence-electron chi connectivity index (χ4n) is 3.66. The molecule has 1 aromatic heterocycles. The molecule has 1 atom stereocenters. The zero-order valence-corrected chi connectivity index (χ0v) is 17.7. The number of hydrogen-bond acceptors (Lipinski definition) is 8. The Balaban J connectivity index is 1.87. The van der Waals surface area contributed by atoms with Crippen LogP contribution in [0.5, 0.6) is 5.75 Å². The second kappa shape index (κ2) is 8.58. The van der Waals surface area contributed by atoms with Gasteiger partial charge in [0, 0.05) is 23.8 Å². The van der Waals surface area contributed by atoms with Crippen LogP contribution >= 0.6 is 0 Å². The van der Waals surface area contributed by atoms with E-state index < -0.39 is 22.7 Å². The molecular weight excluding hydrogens is 430 g/mol. The topological polar surface area (TPSA) is 136 Å². The van der Waals surface area contributed by atoms with Gasteiger partial charge in [0.15, 0.2) is 5.82 Å². The fourth-order valence-corrected chi connectivity index (χ4v) is 3.66. The molecule has 1 amide bonds. The molecule has 0 unspecified atom stereocenters. The Morgan fingerprint density at radius 2 is 1.85 bits per heavy atom. The van der Waals surface area contributed by atoms with Gasteiger partial charge < -0.3 is 14.4 Å². The summed E-state index contributed by atoms with van der Waals surface area (Å²) in [6.07, 6.45) is 0. The number of Topliss-reactive ketones (excluding diaryl/α,β-unsaturated/α-hetero) is 1. The molecule has 1 N–H and O–H groups in total. The number of ether oxygens (including phenoxy) is 1. The van der Waals surface area contributed by atoms with Gasteiger partial charge in [0.25, 0.3) is 11.5 Å². The number of nitro groups is 1. The first kappa shape index (κ1) is 21.8. The van der Waals surface area contributed by atoms with Gasteiger partial charge in [-0.3, -0.25) is 24.6 Å². The predicted molar refractivity (Wildman–Crippen MR) is 117 cm³/mol. The van der Waals surface area contributed by atoms with E-state index in [1.807, 2.05) is 6.92 Å². The summed E-state index contributed by atoms with van der Waals surface area (Å²) in [7, 11) is 0. The van der Waals surface area contributed by atoms with Crippen molar-refractivity contribution in [1.29, 1.82) is 0 Å². The molecule has 1 aliphatic rings. The average molecular weight is 449 g/mol. The van der Waals surface area contributed by atoms with Gasteiger partial charge >= 0.3 is 5.91 Å². The van der Waals surface area contributed by atoms with Gasteiger partial charge in [0.1, 0.15) is 17.3 Å². The van der Waals surface area contributed by atoms with Gasteiger partial charge in [-0.15, -0.1) is 0 Å². The fraction of sp³-hybridized carbons (Fsp3) is 0.174. The minimum absolute atomic E-state index is 0.0868. The van der Waals surface area contributed by atoms with Crippen molar-refractivity contribution in [3.8, 4) is 5.75 Å². The van der Waals surface area contributed by atoms with Gasteiger partial charge in [-0.25, -0.2) is 0 Å². The molecule has 0 bridgehead atoms. The first-order chi connectivity index (χ1) is 15.8. The van der Waals surface area contributed by atoms with Crippen LogP contribution in [0.4, 0.5) is 11.5 Å². The van der Waals surface area contributed by atoms with E-state index in [1.54, 1.807) is 31.2 Å². The summed E-state index contributed by atoms with van der Waals surface area (Å²) in [5.74, 6) is -1.11. The molecule has 168 valence electrons. The summed E-state index contributed by atoms with van der Waals surface area (Å²) >= 11 is 0. The summed E-state index contributed by atoms with van der Waals surface area (Å²) in [5.41, 5.74) is 0.366. The van der Waals surface area contributed by atoms with Crippen LogP contribution in [-0.4, -0.2) is 33.5 Å². The third kappa shape index (κ3) is 3.93. The number of ketones is 1. The van der Waals surface area contributed by atoms with E-state index in [0.29, 0.717) is 29.2 Å². The highest BCUT2D eigenvalue weighted by atomic mass is 16.6. The Morgan fingerprint density at radius 1 is 1.18 bits per heavy atom. The normalized spacial score (nSPS) is 17.4. The lowest BCUT2D eigenvalue weighted by molar-refractivity contribution is -0.384. The molecule has 4 rings (SSSR count). The molecule has 1 saturated heterocycles. The van der Waals surface area contributed by atoms with E-state index in [2.05, 4.69) is 5.16 Å². The van der Waals surface area contributed by atoms with Gasteiger partial charge in [-0.05, 0) is 55.8 Å². The monoisotopic (exact) mass is 449 g/mol. The SMILES string of the molecule is CCOc1ccc(/C(O)=C2\C(=O)C(=O)N(c3cc(C)on3)[C@H]2c2ccc([N+](=O)[O-])cc2)cc1. The number of aliphatic hydroxyl groups excluding tert-OH is 1. The number of carbonyl (C=O) groups is 2. The molecule has 1 aliphatic heterocycles. The van der Waals surface area contributed by atoms with E-state index in [9.17, 15) is 24.8 Å². The number of non-ortho nitro benzene ring substituents is 1. The van der Waals surface area contributed by atoms with Crippen LogP contribution in [0.1, 0.15) is 29.9 Å². The van der Waals surface area contributed by atoms with Crippen molar-refractivity contribution >= 4 is 29.0 Å². The van der Waals surface area contributed by atoms with Crippen molar-refractivity contribution in [3.63, 3.8) is 0 Å². The molecule has 0 radical (unpaired) electrons. The number of aliphatic hydroxyl groups is 1. The highest BCUT2D eigenvalue weighted by Gasteiger charge is 2.48. The Kier molecular flexibility index (Phi) is 5.65. The minimum Gasteiger partial charge on any atom is -0.507 e. The second-order valence-corrected chi connectivity index (χ2v) is 7.27. The number of nitrogens with zero attached hydrogens (tertiary/aromatic N) is 3. The van der Waals surface area contributed by atoms with Gasteiger partial charge in [0.05, 0.1) is 23.1 Å². The zero-order chi connectivity index (χ0) is 23.7. The maximum Gasteiger partial charge on any atom is 0.301 e. The third-order valence-electron chi connectivity index (χ3n) is 5.17. The van der Waals surface area contributed by atoms with Crippen molar-refractivity contribution in [2.75, 3.05) is 11.5 Å². The summed E-state index contributed by atoms with van der Waals surface area (Å²) in [6, 6.07) is 12.2. The Labute approximate surface area is 187 Å². The van der Waals surface area contributed by atoms with Gasteiger partial charge in [-0.1, -0.05) is 5.16 Å². The Bertz CT molecular complexity index is 1260. The lowest BCUT2D eigenvalue weighted by Gasteiger charge is -2.22. The number of aryl methyl sites for hydroxylation is 1. The zero-order valence-electron chi connectivity index (χ0n) is 17.7. The molecule has 0 spiro atoms. The van der Waals surface area contributed by atoms with Crippen LogP contribution in [0.3, 0.4) is 0 Å². The van der Waals surface area contributed by atoms with E-state index in [-0.39, 0.29) is 22.8 Å².